The highest BCUT2D eigenvalue weighted by Gasteiger charge is 2.28. The van der Waals surface area contributed by atoms with Gasteiger partial charge in [0.25, 0.3) is 0 Å². The molecule has 0 aromatic heterocycles. The SMILES string of the molecule is O=C(O)C(CCOc1c(F)c(F)cc(F)c1F)NC1CC1. The van der Waals surface area contributed by atoms with Crippen molar-refractivity contribution < 1.29 is 32.2 Å². The second-order valence-electron chi connectivity index (χ2n) is 4.77. The molecule has 8 heteroatoms. The Morgan fingerprint density at radius 2 is 1.86 bits per heavy atom. The molecule has 0 aliphatic heterocycles. The zero-order valence-electron chi connectivity index (χ0n) is 10.8. The smallest absolute Gasteiger partial charge is 0.320 e. The molecule has 1 aliphatic carbocycles. The van der Waals surface area contributed by atoms with Crippen LogP contribution in [0.2, 0.25) is 0 Å². The number of benzene rings is 1. The Bertz CT molecular complexity index is 522. The highest BCUT2D eigenvalue weighted by Crippen LogP contribution is 2.26. The number of carboxylic acids is 1. The zero-order chi connectivity index (χ0) is 15.6. The lowest BCUT2D eigenvalue weighted by Gasteiger charge is -2.15. The largest absolute Gasteiger partial charge is 0.487 e. The molecule has 0 bridgehead atoms. The van der Waals surface area contributed by atoms with E-state index in [2.05, 4.69) is 10.1 Å². The van der Waals surface area contributed by atoms with Gasteiger partial charge in [-0.15, -0.1) is 0 Å². The summed E-state index contributed by atoms with van der Waals surface area (Å²) in [6.07, 6.45) is 1.63. The van der Waals surface area contributed by atoms with E-state index < -0.39 is 47.6 Å². The number of carbonyl (C=O) groups is 1. The lowest BCUT2D eigenvalue weighted by atomic mass is 10.2. The van der Waals surface area contributed by atoms with Crippen LogP contribution in [0, 0.1) is 23.3 Å². The monoisotopic (exact) mass is 307 g/mol. The maximum absolute atomic E-state index is 13.3. The van der Waals surface area contributed by atoms with E-state index >= 15 is 0 Å². The van der Waals surface area contributed by atoms with Crippen molar-refractivity contribution in [3.05, 3.63) is 29.3 Å². The van der Waals surface area contributed by atoms with Crippen molar-refractivity contribution in [1.29, 1.82) is 0 Å². The standard InChI is InChI=1S/C13H13F4NO3/c14-7-5-8(15)11(17)12(10(7)16)21-4-3-9(13(19)20)18-6-1-2-6/h5-6,9,18H,1-4H2,(H,19,20). The van der Waals surface area contributed by atoms with Crippen molar-refractivity contribution in [2.24, 2.45) is 0 Å². The van der Waals surface area contributed by atoms with Gasteiger partial charge in [0.05, 0.1) is 6.61 Å². The lowest BCUT2D eigenvalue weighted by molar-refractivity contribution is -0.139. The van der Waals surface area contributed by atoms with Crippen LogP contribution in [0.25, 0.3) is 0 Å². The summed E-state index contributed by atoms with van der Waals surface area (Å²) in [5.41, 5.74) is 0. The van der Waals surface area contributed by atoms with E-state index in [1.807, 2.05) is 0 Å². The van der Waals surface area contributed by atoms with Crippen LogP contribution >= 0.6 is 0 Å². The van der Waals surface area contributed by atoms with Gasteiger partial charge in [-0.1, -0.05) is 0 Å². The number of ether oxygens (including phenoxy) is 1. The molecule has 0 spiro atoms. The first-order chi connectivity index (χ1) is 9.90. The highest BCUT2D eigenvalue weighted by molar-refractivity contribution is 5.73. The Labute approximate surface area is 117 Å². The number of aliphatic carboxylic acids is 1. The first-order valence-corrected chi connectivity index (χ1v) is 6.34. The Morgan fingerprint density at radius 1 is 1.29 bits per heavy atom. The Kier molecular flexibility index (Phi) is 4.66. The van der Waals surface area contributed by atoms with Crippen LogP contribution in [0.3, 0.4) is 0 Å². The lowest BCUT2D eigenvalue weighted by Crippen LogP contribution is -2.39. The minimum absolute atomic E-state index is 0.0756. The third kappa shape index (κ3) is 3.84. The van der Waals surface area contributed by atoms with E-state index in [1.165, 1.54) is 0 Å². The maximum atomic E-state index is 13.3. The number of hydrogen-bond acceptors (Lipinski definition) is 3. The first kappa shape index (κ1) is 15.6. The first-order valence-electron chi connectivity index (χ1n) is 6.34. The van der Waals surface area contributed by atoms with E-state index in [9.17, 15) is 22.4 Å². The minimum atomic E-state index is -1.64. The van der Waals surface area contributed by atoms with Gasteiger partial charge in [-0.25, -0.2) is 8.78 Å². The van der Waals surface area contributed by atoms with Crippen LogP contribution in [0.1, 0.15) is 19.3 Å². The second-order valence-corrected chi connectivity index (χ2v) is 4.77. The average molecular weight is 307 g/mol. The van der Waals surface area contributed by atoms with Crippen molar-refractivity contribution >= 4 is 5.97 Å². The fourth-order valence-electron chi connectivity index (χ4n) is 1.77. The topological polar surface area (TPSA) is 58.6 Å². The molecule has 0 amide bonds. The molecule has 0 heterocycles. The molecule has 0 saturated heterocycles. The number of rotatable bonds is 7. The summed E-state index contributed by atoms with van der Waals surface area (Å²) >= 11 is 0. The molecule has 1 aromatic carbocycles. The van der Waals surface area contributed by atoms with Crippen molar-refractivity contribution in [2.45, 2.75) is 31.3 Å². The fourth-order valence-corrected chi connectivity index (χ4v) is 1.77. The molecular weight excluding hydrogens is 294 g/mol. The molecular formula is C13H13F4NO3. The summed E-state index contributed by atoms with van der Waals surface area (Å²) < 4.78 is 57.2. The number of halogens is 4. The van der Waals surface area contributed by atoms with E-state index in [0.717, 1.165) is 12.8 Å². The van der Waals surface area contributed by atoms with Crippen LogP contribution in [0.5, 0.6) is 5.75 Å². The molecule has 1 aromatic rings. The molecule has 116 valence electrons. The number of nitrogens with one attached hydrogen (secondary N) is 1. The van der Waals surface area contributed by atoms with Gasteiger partial charge in [-0.05, 0) is 12.8 Å². The van der Waals surface area contributed by atoms with E-state index in [0.29, 0.717) is 0 Å². The highest BCUT2D eigenvalue weighted by atomic mass is 19.2. The summed E-state index contributed by atoms with van der Waals surface area (Å²) in [6.45, 7) is -0.395. The summed E-state index contributed by atoms with van der Waals surface area (Å²) in [4.78, 5) is 11.0. The Balaban J connectivity index is 1.97. The molecule has 1 fully saturated rings. The summed E-state index contributed by atoms with van der Waals surface area (Å²) in [7, 11) is 0. The van der Waals surface area contributed by atoms with Crippen LogP contribution in [0.4, 0.5) is 17.6 Å². The summed E-state index contributed by atoms with van der Waals surface area (Å²) in [6, 6.07) is -0.750. The molecule has 21 heavy (non-hydrogen) atoms. The van der Waals surface area contributed by atoms with Gasteiger partial charge in [-0.3, -0.25) is 4.79 Å². The molecule has 2 rings (SSSR count). The van der Waals surface area contributed by atoms with Crippen molar-refractivity contribution in [3.63, 3.8) is 0 Å². The number of hydrogen-bond donors (Lipinski definition) is 2. The van der Waals surface area contributed by atoms with Crippen LogP contribution in [-0.2, 0) is 4.79 Å². The van der Waals surface area contributed by atoms with Gasteiger partial charge in [0.2, 0.25) is 11.6 Å². The Hall–Kier alpha value is -1.83. The molecule has 1 saturated carbocycles. The molecule has 1 unspecified atom stereocenters. The third-order valence-electron chi connectivity index (χ3n) is 3.04. The molecule has 4 nitrogen and oxygen atoms in total. The van der Waals surface area contributed by atoms with Crippen molar-refractivity contribution in [3.8, 4) is 5.75 Å². The van der Waals surface area contributed by atoms with Crippen LogP contribution in [-0.4, -0.2) is 29.8 Å². The van der Waals surface area contributed by atoms with E-state index in [1.54, 1.807) is 0 Å². The van der Waals surface area contributed by atoms with Gasteiger partial charge in [0, 0.05) is 18.5 Å². The van der Waals surface area contributed by atoms with Crippen LogP contribution < -0.4 is 10.1 Å². The quantitative estimate of drug-likeness (QED) is 0.599. The van der Waals surface area contributed by atoms with Gasteiger partial charge in [0.15, 0.2) is 17.4 Å². The molecule has 1 atom stereocenters. The molecule has 2 N–H and O–H groups in total. The zero-order valence-corrected chi connectivity index (χ0v) is 10.8. The van der Waals surface area contributed by atoms with E-state index in [-0.39, 0.29) is 18.5 Å². The van der Waals surface area contributed by atoms with Gasteiger partial charge in [-0.2, -0.15) is 8.78 Å². The number of carboxylic acid groups (broad SMARTS) is 1. The minimum Gasteiger partial charge on any atom is -0.487 e. The second kappa shape index (κ2) is 6.30. The van der Waals surface area contributed by atoms with Crippen LogP contribution in [0.15, 0.2) is 6.07 Å². The van der Waals surface area contributed by atoms with Gasteiger partial charge < -0.3 is 15.2 Å². The van der Waals surface area contributed by atoms with Crippen molar-refractivity contribution in [2.75, 3.05) is 6.61 Å². The van der Waals surface area contributed by atoms with Gasteiger partial charge in [0.1, 0.15) is 6.04 Å². The fraction of sp³-hybridized carbons (Fsp3) is 0.462. The predicted octanol–water partition coefficient (Wildman–Crippen LogP) is 2.22. The maximum Gasteiger partial charge on any atom is 0.320 e. The van der Waals surface area contributed by atoms with E-state index in [4.69, 9.17) is 5.11 Å². The summed E-state index contributed by atoms with van der Waals surface area (Å²) in [5.74, 6) is -8.74. The Morgan fingerprint density at radius 3 is 2.33 bits per heavy atom. The van der Waals surface area contributed by atoms with Gasteiger partial charge >= 0.3 is 5.97 Å². The third-order valence-corrected chi connectivity index (χ3v) is 3.04. The predicted molar refractivity (Wildman–Crippen MR) is 64.0 cm³/mol. The molecule has 0 radical (unpaired) electrons. The normalized spacial score (nSPS) is 15.8. The molecule has 1 aliphatic rings. The summed E-state index contributed by atoms with van der Waals surface area (Å²) in [5, 5.41) is 11.8. The van der Waals surface area contributed by atoms with Crippen molar-refractivity contribution in [1.82, 2.24) is 5.32 Å². The average Bonchev–Trinajstić information content (AvgIpc) is 3.23.